The van der Waals surface area contributed by atoms with Crippen molar-refractivity contribution in [3.05, 3.63) is 33.2 Å². The minimum Gasteiger partial charge on any atom is -0.341 e. The molecule has 154 valence electrons. The number of carbonyl (C=O) groups is 1. The van der Waals surface area contributed by atoms with E-state index in [1.165, 1.54) is 29.5 Å². The maximum Gasteiger partial charge on any atom is 0.263 e. The Morgan fingerprint density at radius 1 is 1.28 bits per heavy atom. The van der Waals surface area contributed by atoms with E-state index in [9.17, 15) is 9.59 Å². The molecule has 3 aromatic heterocycles. The lowest BCUT2D eigenvalue weighted by molar-refractivity contribution is -0.132. The van der Waals surface area contributed by atoms with E-state index in [4.69, 9.17) is 4.98 Å². The fourth-order valence-electron chi connectivity index (χ4n) is 4.08. The summed E-state index contributed by atoms with van der Waals surface area (Å²) in [4.78, 5) is 34.6. The second-order valence-corrected chi connectivity index (χ2v) is 11.1. The van der Waals surface area contributed by atoms with Crippen molar-refractivity contribution >= 4 is 50.6 Å². The van der Waals surface area contributed by atoms with Gasteiger partial charge in [0.2, 0.25) is 5.91 Å². The average molecular weight is 448 g/mol. The molecule has 3 aromatic rings. The van der Waals surface area contributed by atoms with Crippen LogP contribution in [0.25, 0.3) is 20.7 Å². The lowest BCUT2D eigenvalue weighted by Gasteiger charge is -2.36. The van der Waals surface area contributed by atoms with Gasteiger partial charge in [-0.1, -0.05) is 31.7 Å². The van der Waals surface area contributed by atoms with Gasteiger partial charge in [-0.15, -0.1) is 22.7 Å². The Morgan fingerprint density at radius 3 is 2.66 bits per heavy atom. The Hall–Kier alpha value is -1.64. The minimum absolute atomic E-state index is 0.0537. The number of rotatable bonds is 4. The van der Waals surface area contributed by atoms with Crippen LogP contribution in [0.2, 0.25) is 0 Å². The molecule has 0 radical (unpaired) electrons. The van der Waals surface area contributed by atoms with E-state index < -0.39 is 0 Å². The second kappa shape index (κ2) is 8.24. The fraction of sp³-hybridized carbons (Fsp3) is 0.476. The monoisotopic (exact) mass is 447 g/mol. The van der Waals surface area contributed by atoms with Crippen LogP contribution < -0.4 is 5.56 Å². The molecule has 0 aliphatic carbocycles. The molecule has 3 atom stereocenters. The third-order valence-corrected chi connectivity index (χ3v) is 8.28. The normalized spacial score (nSPS) is 20.9. The Kier molecular flexibility index (Phi) is 5.86. The molecule has 0 N–H and O–H groups in total. The summed E-state index contributed by atoms with van der Waals surface area (Å²) in [6.07, 6.45) is 1.17. The number of likely N-dealkylation sites (tertiary alicyclic amines) is 1. The molecule has 5 nitrogen and oxygen atoms in total. The zero-order valence-corrected chi connectivity index (χ0v) is 19.5. The van der Waals surface area contributed by atoms with Crippen LogP contribution in [0.4, 0.5) is 0 Å². The largest absolute Gasteiger partial charge is 0.341 e. The van der Waals surface area contributed by atoms with Crippen LogP contribution in [-0.2, 0) is 11.8 Å². The number of piperidine rings is 1. The van der Waals surface area contributed by atoms with Crippen molar-refractivity contribution in [1.82, 2.24) is 14.5 Å². The first-order valence-corrected chi connectivity index (χ1v) is 12.5. The number of amides is 1. The van der Waals surface area contributed by atoms with Gasteiger partial charge in [0.25, 0.3) is 5.56 Å². The summed E-state index contributed by atoms with van der Waals surface area (Å²) < 4.78 is 1.59. The van der Waals surface area contributed by atoms with Crippen molar-refractivity contribution < 1.29 is 4.79 Å². The molecule has 8 heteroatoms. The van der Waals surface area contributed by atoms with Gasteiger partial charge in [-0.2, -0.15) is 0 Å². The smallest absolute Gasteiger partial charge is 0.263 e. The van der Waals surface area contributed by atoms with Crippen molar-refractivity contribution in [3.63, 3.8) is 0 Å². The van der Waals surface area contributed by atoms with Crippen LogP contribution in [0.1, 0.15) is 27.2 Å². The van der Waals surface area contributed by atoms with Gasteiger partial charge in [0.1, 0.15) is 4.83 Å². The summed E-state index contributed by atoms with van der Waals surface area (Å²) in [6, 6.07) is 4.01. The van der Waals surface area contributed by atoms with E-state index in [2.05, 4.69) is 13.8 Å². The van der Waals surface area contributed by atoms with E-state index in [0.29, 0.717) is 22.4 Å². The summed E-state index contributed by atoms with van der Waals surface area (Å²) in [7, 11) is 1.75. The van der Waals surface area contributed by atoms with Crippen LogP contribution in [-0.4, -0.2) is 38.7 Å². The van der Waals surface area contributed by atoms with Crippen molar-refractivity contribution in [2.75, 3.05) is 13.1 Å². The Balaban J connectivity index is 1.61. The number of carbonyl (C=O) groups excluding carboxylic acids is 1. The lowest BCUT2D eigenvalue weighted by atomic mass is 9.92. The summed E-state index contributed by atoms with van der Waals surface area (Å²) in [5.41, 5.74) is 0.895. The quantitative estimate of drug-likeness (QED) is 0.429. The van der Waals surface area contributed by atoms with Gasteiger partial charge < -0.3 is 4.90 Å². The lowest BCUT2D eigenvalue weighted by Crippen LogP contribution is -2.45. The molecular weight excluding hydrogens is 422 g/mol. The molecule has 1 aliphatic rings. The number of hydrogen-bond acceptors (Lipinski definition) is 6. The van der Waals surface area contributed by atoms with Crippen molar-refractivity contribution in [2.24, 2.45) is 18.9 Å². The summed E-state index contributed by atoms with van der Waals surface area (Å²) in [5, 5.41) is 5.00. The fourth-order valence-corrected chi connectivity index (χ4v) is 6.84. The van der Waals surface area contributed by atoms with Crippen LogP contribution in [0, 0.1) is 11.8 Å². The molecular formula is C21H25N3O2S3. The molecule has 4 heterocycles. The zero-order valence-electron chi connectivity index (χ0n) is 17.0. The number of hydrogen-bond donors (Lipinski definition) is 0. The van der Waals surface area contributed by atoms with E-state index in [1.54, 1.807) is 23.0 Å². The van der Waals surface area contributed by atoms with E-state index in [1.807, 2.05) is 34.7 Å². The Morgan fingerprint density at radius 2 is 2.00 bits per heavy atom. The van der Waals surface area contributed by atoms with Crippen LogP contribution in [0.5, 0.6) is 0 Å². The summed E-state index contributed by atoms with van der Waals surface area (Å²) in [6.45, 7) is 7.95. The average Bonchev–Trinajstić information content (AvgIpc) is 3.33. The summed E-state index contributed by atoms with van der Waals surface area (Å²) in [5.74, 6) is 1.19. The van der Waals surface area contributed by atoms with E-state index in [0.717, 1.165) is 28.4 Å². The molecule has 1 saturated heterocycles. The number of nitrogens with zero attached hydrogens (tertiary/aromatic N) is 3. The van der Waals surface area contributed by atoms with Gasteiger partial charge in [-0.25, -0.2) is 4.98 Å². The Bertz CT molecular complexity index is 1080. The SMILES string of the molecule is CC1CC(C)CN(C(=O)C(C)Sc2nc3scc(-c4cccs4)c3c(=O)n2C)C1. The van der Waals surface area contributed by atoms with Gasteiger partial charge in [-0.3, -0.25) is 14.2 Å². The molecule has 0 bridgehead atoms. The minimum atomic E-state index is -0.278. The van der Waals surface area contributed by atoms with E-state index in [-0.39, 0.29) is 16.7 Å². The molecule has 3 unspecified atom stereocenters. The van der Waals surface area contributed by atoms with Gasteiger partial charge in [0.15, 0.2) is 5.16 Å². The van der Waals surface area contributed by atoms with Crippen LogP contribution in [0.3, 0.4) is 0 Å². The molecule has 1 fully saturated rings. The highest BCUT2D eigenvalue weighted by molar-refractivity contribution is 8.00. The number of thioether (sulfide) groups is 1. The highest BCUT2D eigenvalue weighted by atomic mass is 32.2. The predicted octanol–water partition coefficient (Wildman–Crippen LogP) is 4.71. The maximum atomic E-state index is 13.1. The highest BCUT2D eigenvalue weighted by Gasteiger charge is 2.29. The first-order valence-electron chi connectivity index (χ1n) is 9.82. The molecule has 0 saturated carbocycles. The van der Waals surface area contributed by atoms with Crippen molar-refractivity contribution in [2.45, 2.75) is 37.6 Å². The zero-order chi connectivity index (χ0) is 20.7. The van der Waals surface area contributed by atoms with Crippen LogP contribution in [0.15, 0.2) is 32.8 Å². The van der Waals surface area contributed by atoms with Gasteiger partial charge >= 0.3 is 0 Å². The standard InChI is InChI=1S/C21H25N3O2S3/c1-12-8-13(2)10-24(9-12)19(25)14(3)29-21-22-18-17(20(26)23(21)4)15(11-28-18)16-6-5-7-27-16/h5-7,11-14H,8-10H2,1-4H3. The molecule has 1 aliphatic heterocycles. The predicted molar refractivity (Wildman–Crippen MR) is 123 cm³/mol. The number of fused-ring (bicyclic) bond motifs is 1. The van der Waals surface area contributed by atoms with Crippen LogP contribution >= 0.6 is 34.4 Å². The first-order chi connectivity index (χ1) is 13.8. The van der Waals surface area contributed by atoms with Gasteiger partial charge in [-0.05, 0) is 36.6 Å². The van der Waals surface area contributed by atoms with Crippen molar-refractivity contribution in [3.8, 4) is 10.4 Å². The molecule has 0 spiro atoms. The molecule has 4 rings (SSSR count). The summed E-state index contributed by atoms with van der Waals surface area (Å²) >= 11 is 4.49. The third kappa shape index (κ3) is 4.02. The molecule has 1 amide bonds. The number of thiophene rings is 2. The van der Waals surface area contributed by atoms with Gasteiger partial charge in [0, 0.05) is 36.0 Å². The second-order valence-electron chi connectivity index (χ2n) is 8.01. The Labute approximate surface area is 182 Å². The third-order valence-electron chi connectivity index (χ3n) is 5.37. The molecule has 29 heavy (non-hydrogen) atoms. The topological polar surface area (TPSA) is 55.2 Å². The molecule has 0 aromatic carbocycles. The highest BCUT2D eigenvalue weighted by Crippen LogP contribution is 2.35. The first kappa shape index (κ1) is 20.6. The van der Waals surface area contributed by atoms with E-state index >= 15 is 0 Å². The van der Waals surface area contributed by atoms with Gasteiger partial charge in [0.05, 0.1) is 10.6 Å². The number of aromatic nitrogens is 2. The van der Waals surface area contributed by atoms with Crippen molar-refractivity contribution in [1.29, 1.82) is 0 Å². The maximum absolute atomic E-state index is 13.1.